The number of carbonyl (C=O) groups is 3. The van der Waals surface area contributed by atoms with Crippen molar-refractivity contribution >= 4 is 17.9 Å². The maximum Gasteiger partial charge on any atom is 0.338 e. The summed E-state index contributed by atoms with van der Waals surface area (Å²) in [6.45, 7) is -2.00. The molecular weight excluding hydrogens is 471 g/mol. The van der Waals surface area contributed by atoms with Crippen molar-refractivity contribution in [2.75, 3.05) is 13.3 Å². The Morgan fingerprint density at radius 3 is 1.67 bits per heavy atom. The largest absolute Gasteiger partial charge is 0.456 e. The number of benzene rings is 3. The normalized spacial score (nSPS) is 23.0. The van der Waals surface area contributed by atoms with E-state index >= 15 is 0 Å². The van der Waals surface area contributed by atoms with Crippen molar-refractivity contribution in [3.63, 3.8) is 0 Å². The topological polar surface area (TPSA) is 108 Å². The van der Waals surface area contributed by atoms with Crippen LogP contribution in [0.25, 0.3) is 0 Å². The minimum atomic E-state index is -2.49. The molecule has 0 amide bonds. The summed E-state index contributed by atoms with van der Waals surface area (Å²) < 4.78 is 35.5. The molecule has 3 aromatic rings. The third-order valence-corrected chi connectivity index (χ3v) is 5.53. The van der Waals surface area contributed by atoms with Gasteiger partial charge in [-0.25, -0.2) is 18.8 Å². The van der Waals surface area contributed by atoms with E-state index in [1.165, 1.54) is 36.4 Å². The molecule has 4 atom stereocenters. The van der Waals surface area contributed by atoms with Gasteiger partial charge in [0, 0.05) is 0 Å². The lowest BCUT2D eigenvalue weighted by Crippen LogP contribution is -2.50. The number of ether oxygens (including phenoxy) is 4. The van der Waals surface area contributed by atoms with Crippen LogP contribution < -0.4 is 0 Å². The van der Waals surface area contributed by atoms with Crippen molar-refractivity contribution in [1.29, 1.82) is 0 Å². The predicted octanol–water partition coefficient (Wildman–Crippen LogP) is 3.35. The number of rotatable bonds is 8. The van der Waals surface area contributed by atoms with Crippen molar-refractivity contribution in [3.05, 3.63) is 108 Å². The van der Waals surface area contributed by atoms with Crippen molar-refractivity contribution < 1.29 is 42.8 Å². The van der Waals surface area contributed by atoms with Gasteiger partial charge in [-0.1, -0.05) is 54.6 Å². The molecule has 4 rings (SSSR count). The van der Waals surface area contributed by atoms with E-state index in [2.05, 4.69) is 0 Å². The van der Waals surface area contributed by atoms with Gasteiger partial charge in [-0.15, -0.1) is 0 Å². The maximum absolute atomic E-state index is 14.0. The molecule has 0 aliphatic carbocycles. The van der Waals surface area contributed by atoms with Gasteiger partial charge >= 0.3 is 17.9 Å². The quantitative estimate of drug-likeness (QED) is 0.375. The molecular formula is C27H23FO8. The molecule has 8 nitrogen and oxygen atoms in total. The van der Waals surface area contributed by atoms with Gasteiger partial charge in [0.15, 0.2) is 12.2 Å². The van der Waals surface area contributed by atoms with E-state index in [0.717, 1.165) is 0 Å². The number of alkyl halides is 1. The number of hydrogen-bond donors (Lipinski definition) is 1. The Hall–Kier alpha value is -4.08. The van der Waals surface area contributed by atoms with Gasteiger partial charge in [-0.3, -0.25) is 0 Å². The summed E-state index contributed by atoms with van der Waals surface area (Å²) in [5, 5.41) is 11.3. The van der Waals surface area contributed by atoms with Crippen LogP contribution in [0.3, 0.4) is 0 Å². The Morgan fingerprint density at radius 2 is 1.19 bits per heavy atom. The fourth-order valence-corrected chi connectivity index (χ4v) is 3.73. The van der Waals surface area contributed by atoms with Gasteiger partial charge in [0.05, 0.1) is 16.7 Å². The van der Waals surface area contributed by atoms with Gasteiger partial charge in [-0.2, -0.15) is 0 Å². The lowest BCUT2D eigenvalue weighted by atomic mass is 10.0. The lowest BCUT2D eigenvalue weighted by Gasteiger charge is -2.29. The highest BCUT2D eigenvalue weighted by molar-refractivity contribution is 5.91. The highest BCUT2D eigenvalue weighted by Crippen LogP contribution is 2.35. The smallest absolute Gasteiger partial charge is 0.338 e. The van der Waals surface area contributed by atoms with E-state index in [9.17, 15) is 23.9 Å². The maximum atomic E-state index is 14.0. The minimum Gasteiger partial charge on any atom is -0.456 e. The Bertz CT molecular complexity index is 1190. The molecule has 1 aliphatic heterocycles. The van der Waals surface area contributed by atoms with Crippen LogP contribution in [-0.4, -0.2) is 60.4 Å². The molecule has 1 saturated heterocycles. The van der Waals surface area contributed by atoms with Crippen molar-refractivity contribution in [1.82, 2.24) is 0 Å². The SMILES string of the molecule is O=C(OC[C@]1(O)O[C@H](CF)[C@@H](OC(=O)c2ccccc2)[C@H]1OC(=O)c1ccccc1)c1ccccc1. The molecule has 186 valence electrons. The zero-order chi connectivity index (χ0) is 25.5. The van der Waals surface area contributed by atoms with Crippen LogP contribution in [0.5, 0.6) is 0 Å². The molecule has 36 heavy (non-hydrogen) atoms. The van der Waals surface area contributed by atoms with Gasteiger partial charge in [0.25, 0.3) is 0 Å². The summed E-state index contributed by atoms with van der Waals surface area (Å²) in [6.07, 6.45) is -4.73. The fraction of sp³-hybridized carbons (Fsp3) is 0.222. The lowest BCUT2D eigenvalue weighted by molar-refractivity contribution is -0.246. The Balaban J connectivity index is 1.59. The first-order valence-electron chi connectivity index (χ1n) is 11.1. The van der Waals surface area contributed by atoms with Crippen molar-refractivity contribution in [2.45, 2.75) is 24.1 Å². The summed E-state index contributed by atoms with van der Waals surface area (Å²) in [5.41, 5.74) is 0.498. The zero-order valence-electron chi connectivity index (χ0n) is 19.0. The number of esters is 3. The first-order valence-corrected chi connectivity index (χ1v) is 11.1. The molecule has 0 aromatic heterocycles. The third kappa shape index (κ3) is 5.59. The predicted molar refractivity (Wildman–Crippen MR) is 124 cm³/mol. The standard InChI is InChI=1S/C27H23FO8/c28-16-21-22(34-25(30)19-12-6-2-7-13-19)23(35-26(31)20-14-8-3-9-15-20)27(32,36-21)17-33-24(29)18-10-4-1-5-11-18/h1-15,21-23,32H,16-17H2/t21-,22-,23-,27+/m1/s1. The highest BCUT2D eigenvalue weighted by atomic mass is 19.1. The first-order chi connectivity index (χ1) is 17.4. The molecule has 3 aromatic carbocycles. The summed E-state index contributed by atoms with van der Waals surface area (Å²) >= 11 is 0. The molecule has 1 aliphatic rings. The monoisotopic (exact) mass is 494 g/mol. The number of carbonyl (C=O) groups excluding carboxylic acids is 3. The van der Waals surface area contributed by atoms with E-state index in [1.807, 2.05) is 0 Å². The molecule has 9 heteroatoms. The summed E-state index contributed by atoms with van der Waals surface area (Å²) in [4.78, 5) is 38.0. The summed E-state index contributed by atoms with van der Waals surface area (Å²) in [6, 6.07) is 23.7. The van der Waals surface area contributed by atoms with Gasteiger partial charge < -0.3 is 24.1 Å². The van der Waals surface area contributed by atoms with Crippen molar-refractivity contribution in [3.8, 4) is 0 Å². The third-order valence-electron chi connectivity index (χ3n) is 5.53. The number of hydrogen-bond acceptors (Lipinski definition) is 8. The van der Waals surface area contributed by atoms with E-state index in [4.69, 9.17) is 18.9 Å². The molecule has 0 spiro atoms. The van der Waals surface area contributed by atoms with E-state index in [0.29, 0.717) is 0 Å². The van der Waals surface area contributed by atoms with Crippen LogP contribution in [-0.2, 0) is 18.9 Å². The first kappa shape index (κ1) is 25.0. The van der Waals surface area contributed by atoms with Gasteiger partial charge in [0.2, 0.25) is 5.79 Å². The Morgan fingerprint density at radius 1 is 0.750 bits per heavy atom. The Labute approximate surface area is 206 Å². The van der Waals surface area contributed by atoms with Crippen LogP contribution >= 0.6 is 0 Å². The van der Waals surface area contributed by atoms with Crippen LogP contribution in [0.4, 0.5) is 4.39 Å². The molecule has 0 bridgehead atoms. The molecule has 1 fully saturated rings. The Kier molecular flexibility index (Phi) is 7.72. The molecule has 1 heterocycles. The number of halogens is 1. The zero-order valence-corrected chi connectivity index (χ0v) is 19.0. The fourth-order valence-electron chi connectivity index (χ4n) is 3.73. The molecule has 0 saturated carbocycles. The summed E-state index contributed by atoms with van der Waals surface area (Å²) in [5.74, 6) is -5.00. The van der Waals surface area contributed by atoms with Gasteiger partial charge in [0.1, 0.15) is 19.4 Å². The second-order valence-corrected chi connectivity index (χ2v) is 8.03. The minimum absolute atomic E-state index is 0.137. The van der Waals surface area contributed by atoms with Crippen LogP contribution in [0.2, 0.25) is 0 Å². The number of aliphatic hydroxyl groups is 1. The van der Waals surface area contributed by atoms with Crippen molar-refractivity contribution in [2.24, 2.45) is 0 Å². The van der Waals surface area contributed by atoms with Crippen LogP contribution in [0, 0.1) is 0 Å². The second kappa shape index (κ2) is 11.1. The summed E-state index contributed by atoms with van der Waals surface area (Å²) in [7, 11) is 0. The van der Waals surface area contributed by atoms with Gasteiger partial charge in [-0.05, 0) is 36.4 Å². The van der Waals surface area contributed by atoms with E-state index in [-0.39, 0.29) is 16.7 Å². The second-order valence-electron chi connectivity index (χ2n) is 8.03. The average Bonchev–Trinajstić information content (AvgIpc) is 3.19. The van der Waals surface area contributed by atoms with Crippen LogP contribution in [0.15, 0.2) is 91.0 Å². The van der Waals surface area contributed by atoms with E-state index < -0.39 is 55.3 Å². The molecule has 0 radical (unpaired) electrons. The van der Waals surface area contributed by atoms with Crippen LogP contribution in [0.1, 0.15) is 31.1 Å². The van der Waals surface area contributed by atoms with E-state index in [1.54, 1.807) is 54.6 Å². The molecule has 0 unspecified atom stereocenters. The average molecular weight is 494 g/mol. The highest BCUT2D eigenvalue weighted by Gasteiger charge is 2.60. The molecule has 1 N–H and O–H groups in total.